The molecule has 0 amide bonds. The predicted molar refractivity (Wildman–Crippen MR) is 44.7 cm³/mol. The smallest absolute Gasteiger partial charge is 0.159 e. The Balaban J connectivity index is 2.62. The molecule has 0 bridgehead atoms. The first-order valence-corrected chi connectivity index (χ1v) is 3.99. The van der Waals surface area contributed by atoms with Gasteiger partial charge in [0.05, 0.1) is 6.10 Å². The first kappa shape index (κ1) is 10.0. The normalized spacial score (nSPS) is 15.3. The maximum Gasteiger partial charge on any atom is 0.159 e. The van der Waals surface area contributed by atoms with Crippen molar-refractivity contribution in [2.75, 3.05) is 6.61 Å². The van der Waals surface area contributed by atoms with Crippen LogP contribution in [0.25, 0.3) is 0 Å². The van der Waals surface area contributed by atoms with Crippen molar-refractivity contribution in [3.63, 3.8) is 0 Å². The van der Waals surface area contributed by atoms with E-state index >= 15 is 0 Å². The van der Waals surface area contributed by atoms with Crippen LogP contribution < -0.4 is 0 Å². The van der Waals surface area contributed by atoms with Crippen molar-refractivity contribution in [3.8, 4) is 0 Å². The van der Waals surface area contributed by atoms with E-state index in [1.165, 1.54) is 12.4 Å². The molecule has 1 aromatic rings. The third-order valence-corrected chi connectivity index (χ3v) is 1.64. The molecule has 5 heteroatoms. The number of aromatic nitrogens is 2. The number of hydrogen-bond acceptors (Lipinski definition) is 5. The summed E-state index contributed by atoms with van der Waals surface area (Å²) in [6, 6.07) is 1.62. The Hall–Kier alpha value is -1.04. The van der Waals surface area contributed by atoms with Crippen molar-refractivity contribution in [2.24, 2.45) is 0 Å². The van der Waals surface area contributed by atoms with E-state index in [1.54, 1.807) is 6.07 Å². The molecule has 0 spiro atoms. The number of rotatable bonds is 4. The van der Waals surface area contributed by atoms with E-state index in [1.807, 2.05) is 0 Å². The molecule has 0 aliphatic heterocycles. The Labute approximate surface area is 75.7 Å². The first-order chi connectivity index (χ1) is 6.25. The predicted octanol–water partition coefficient (Wildman–Crippen LogP) is -0.747. The average molecular weight is 184 g/mol. The lowest BCUT2D eigenvalue weighted by Crippen LogP contribution is -2.21. The van der Waals surface area contributed by atoms with Gasteiger partial charge in [0.25, 0.3) is 0 Å². The summed E-state index contributed by atoms with van der Waals surface area (Å²) in [5, 5.41) is 27.2. The molecule has 5 nitrogen and oxygen atoms in total. The largest absolute Gasteiger partial charge is 0.396 e. The fraction of sp³-hybridized carbons (Fsp3) is 0.500. The van der Waals surface area contributed by atoms with Crippen LogP contribution >= 0.6 is 0 Å². The Morgan fingerprint density at radius 1 is 1.23 bits per heavy atom. The Morgan fingerprint density at radius 3 is 2.38 bits per heavy atom. The zero-order chi connectivity index (χ0) is 9.68. The zero-order valence-electron chi connectivity index (χ0n) is 7.04. The summed E-state index contributed by atoms with van der Waals surface area (Å²) in [4.78, 5) is 7.56. The molecule has 0 aliphatic rings. The SMILES string of the molecule is OCCC(O)C(O)c1ncccn1. The minimum atomic E-state index is -1.13. The van der Waals surface area contributed by atoms with E-state index in [0.717, 1.165) is 0 Å². The maximum absolute atomic E-state index is 9.43. The fourth-order valence-electron chi connectivity index (χ4n) is 0.926. The number of aliphatic hydroxyl groups excluding tert-OH is 3. The molecule has 13 heavy (non-hydrogen) atoms. The highest BCUT2D eigenvalue weighted by atomic mass is 16.3. The van der Waals surface area contributed by atoms with Crippen LogP contribution in [0, 0.1) is 0 Å². The highest BCUT2D eigenvalue weighted by Crippen LogP contribution is 2.13. The summed E-state index contributed by atoms with van der Waals surface area (Å²) >= 11 is 0. The summed E-state index contributed by atoms with van der Waals surface area (Å²) in [6.45, 7) is -0.176. The van der Waals surface area contributed by atoms with E-state index < -0.39 is 12.2 Å². The van der Waals surface area contributed by atoms with Crippen LogP contribution in [0.4, 0.5) is 0 Å². The van der Waals surface area contributed by atoms with Crippen molar-refractivity contribution >= 4 is 0 Å². The van der Waals surface area contributed by atoms with Gasteiger partial charge < -0.3 is 15.3 Å². The van der Waals surface area contributed by atoms with Crippen molar-refractivity contribution in [2.45, 2.75) is 18.6 Å². The van der Waals surface area contributed by atoms with Gasteiger partial charge in [0.1, 0.15) is 6.10 Å². The minimum absolute atomic E-state index is 0.111. The molecular formula is C8H12N2O3. The number of aliphatic hydroxyl groups is 3. The van der Waals surface area contributed by atoms with Gasteiger partial charge in [-0.05, 0) is 12.5 Å². The van der Waals surface area contributed by atoms with E-state index in [2.05, 4.69) is 9.97 Å². The molecule has 0 aliphatic carbocycles. The van der Waals surface area contributed by atoms with Crippen LogP contribution in [0.3, 0.4) is 0 Å². The lowest BCUT2D eigenvalue weighted by atomic mass is 10.1. The minimum Gasteiger partial charge on any atom is -0.396 e. The second-order valence-corrected chi connectivity index (χ2v) is 2.63. The highest BCUT2D eigenvalue weighted by molar-refractivity contribution is 4.94. The molecule has 2 unspecified atom stereocenters. The van der Waals surface area contributed by atoms with Gasteiger partial charge in [-0.25, -0.2) is 9.97 Å². The summed E-state index contributed by atoms with van der Waals surface area (Å²) < 4.78 is 0. The van der Waals surface area contributed by atoms with Gasteiger partial charge in [-0.15, -0.1) is 0 Å². The Morgan fingerprint density at radius 2 is 1.85 bits per heavy atom. The van der Waals surface area contributed by atoms with Gasteiger partial charge in [0, 0.05) is 19.0 Å². The lowest BCUT2D eigenvalue weighted by molar-refractivity contribution is -0.000603. The molecule has 3 N–H and O–H groups in total. The van der Waals surface area contributed by atoms with Crippen LogP contribution in [-0.4, -0.2) is 38.0 Å². The summed E-state index contributed by atoms with van der Waals surface area (Å²) in [7, 11) is 0. The van der Waals surface area contributed by atoms with Crippen molar-refractivity contribution in [3.05, 3.63) is 24.3 Å². The average Bonchev–Trinajstić information content (AvgIpc) is 2.18. The van der Waals surface area contributed by atoms with Crippen LogP contribution in [0.15, 0.2) is 18.5 Å². The standard InChI is InChI=1S/C8H12N2O3/c11-5-2-6(12)7(13)8-9-3-1-4-10-8/h1,3-4,6-7,11-13H,2,5H2. The van der Waals surface area contributed by atoms with Crippen molar-refractivity contribution in [1.82, 2.24) is 9.97 Å². The van der Waals surface area contributed by atoms with E-state index in [9.17, 15) is 10.2 Å². The molecule has 0 fully saturated rings. The second kappa shape index (κ2) is 4.86. The number of hydrogen-bond donors (Lipinski definition) is 3. The quantitative estimate of drug-likeness (QED) is 0.573. The maximum atomic E-state index is 9.43. The molecule has 1 heterocycles. The van der Waals surface area contributed by atoms with E-state index in [0.29, 0.717) is 0 Å². The topological polar surface area (TPSA) is 86.5 Å². The number of nitrogens with zero attached hydrogens (tertiary/aromatic N) is 2. The summed E-state index contributed by atoms with van der Waals surface area (Å²) in [6.07, 6.45) is 0.925. The first-order valence-electron chi connectivity index (χ1n) is 3.99. The van der Waals surface area contributed by atoms with Crippen LogP contribution in [0.2, 0.25) is 0 Å². The molecule has 0 saturated heterocycles. The second-order valence-electron chi connectivity index (χ2n) is 2.63. The van der Waals surface area contributed by atoms with Crippen molar-refractivity contribution < 1.29 is 15.3 Å². The zero-order valence-corrected chi connectivity index (χ0v) is 7.04. The molecule has 0 aromatic carbocycles. The van der Waals surface area contributed by atoms with E-state index in [-0.39, 0.29) is 18.9 Å². The van der Waals surface area contributed by atoms with Crippen molar-refractivity contribution in [1.29, 1.82) is 0 Å². The summed E-state index contributed by atoms with van der Waals surface area (Å²) in [5.74, 6) is 0.170. The van der Waals surface area contributed by atoms with Crippen LogP contribution in [0.5, 0.6) is 0 Å². The fourth-order valence-corrected chi connectivity index (χ4v) is 0.926. The van der Waals surface area contributed by atoms with Gasteiger partial charge in [0.2, 0.25) is 0 Å². The van der Waals surface area contributed by atoms with Gasteiger partial charge in [-0.3, -0.25) is 0 Å². The Kier molecular flexibility index (Phi) is 3.75. The molecule has 72 valence electrons. The Bertz CT molecular complexity index is 242. The van der Waals surface area contributed by atoms with Gasteiger partial charge in [0.15, 0.2) is 5.82 Å². The molecule has 0 radical (unpaired) electrons. The van der Waals surface area contributed by atoms with Crippen LogP contribution in [-0.2, 0) is 0 Å². The van der Waals surface area contributed by atoms with Crippen LogP contribution in [0.1, 0.15) is 18.3 Å². The van der Waals surface area contributed by atoms with E-state index in [4.69, 9.17) is 5.11 Å². The molecule has 1 aromatic heterocycles. The third kappa shape index (κ3) is 2.73. The molecule has 0 saturated carbocycles. The van der Waals surface area contributed by atoms with Gasteiger partial charge >= 0.3 is 0 Å². The monoisotopic (exact) mass is 184 g/mol. The highest BCUT2D eigenvalue weighted by Gasteiger charge is 2.19. The molecule has 2 atom stereocenters. The summed E-state index contributed by atoms with van der Waals surface area (Å²) in [5.41, 5.74) is 0. The lowest BCUT2D eigenvalue weighted by Gasteiger charge is -2.14. The van der Waals surface area contributed by atoms with Gasteiger partial charge in [-0.1, -0.05) is 0 Å². The molecular weight excluding hydrogens is 172 g/mol. The third-order valence-electron chi connectivity index (χ3n) is 1.64. The molecule has 1 rings (SSSR count). The van der Waals surface area contributed by atoms with Gasteiger partial charge in [-0.2, -0.15) is 0 Å².